The quantitative estimate of drug-likeness (QED) is 0.224. The molecule has 11 nitrogen and oxygen atoms in total. The van der Waals surface area contributed by atoms with E-state index in [1.54, 1.807) is 18.2 Å². The Morgan fingerprint density at radius 2 is 1.55 bits per heavy atom. The van der Waals surface area contributed by atoms with Gasteiger partial charge in [0, 0.05) is 5.92 Å². The zero-order valence-corrected chi connectivity index (χ0v) is 28.5. The number of amides is 3. The first-order valence-corrected chi connectivity index (χ1v) is 17.1. The fraction of sp³-hybridized carbons (Fsp3) is 0.333. The normalized spacial score (nSPS) is 23.6. The Labute approximate surface area is 293 Å². The van der Waals surface area contributed by atoms with Crippen LogP contribution in [0.2, 0.25) is 10.0 Å². The molecule has 3 heterocycles. The van der Waals surface area contributed by atoms with Gasteiger partial charge >= 0.3 is 0 Å². The molecule has 1 aliphatic carbocycles. The van der Waals surface area contributed by atoms with Gasteiger partial charge in [-0.1, -0.05) is 58.8 Å². The van der Waals surface area contributed by atoms with Crippen LogP contribution < -0.4 is 14.4 Å². The lowest BCUT2D eigenvalue weighted by Crippen LogP contribution is -2.45. The Kier molecular flexibility index (Phi) is 9.13. The number of hydrazone groups is 1. The molecule has 0 N–H and O–H groups in total. The summed E-state index contributed by atoms with van der Waals surface area (Å²) in [6.45, 7) is 4.69. The summed E-state index contributed by atoms with van der Waals surface area (Å²) in [7, 11) is 0. The smallest absolute Gasteiger partial charge is 0.264 e. The molecular formula is C36H34Cl2N6O5. The maximum atomic E-state index is 14.3. The summed E-state index contributed by atoms with van der Waals surface area (Å²) in [4.78, 5) is 42.3. The molecule has 0 aromatic heterocycles. The van der Waals surface area contributed by atoms with E-state index in [1.165, 1.54) is 10.0 Å². The number of carbonyl (C=O) groups is 3. The van der Waals surface area contributed by atoms with Gasteiger partial charge in [-0.3, -0.25) is 19.4 Å². The lowest BCUT2D eigenvalue weighted by Gasteiger charge is -2.30. The Morgan fingerprint density at radius 3 is 2.20 bits per heavy atom. The van der Waals surface area contributed by atoms with Crippen LogP contribution in [-0.4, -0.2) is 65.3 Å². The second-order valence-corrected chi connectivity index (χ2v) is 12.9. The Morgan fingerprint density at radius 1 is 0.898 bits per heavy atom. The number of hydrogen-bond acceptors (Lipinski definition) is 9. The molecule has 0 bridgehead atoms. The topological polar surface area (TPSA) is 116 Å². The van der Waals surface area contributed by atoms with Gasteiger partial charge in [-0.25, -0.2) is 9.91 Å². The summed E-state index contributed by atoms with van der Waals surface area (Å²) in [6.07, 6.45) is 4.72. The zero-order valence-electron chi connectivity index (χ0n) is 27.0. The third-order valence-corrected chi connectivity index (χ3v) is 9.75. The number of halogens is 2. The first kappa shape index (κ1) is 32.8. The Bertz CT molecular complexity index is 1860. The van der Waals surface area contributed by atoms with Crippen molar-refractivity contribution in [2.75, 3.05) is 24.7 Å². The highest BCUT2D eigenvalue weighted by Gasteiger charge is 2.56. The molecule has 3 aromatic rings. The molecule has 49 heavy (non-hydrogen) atoms. The van der Waals surface area contributed by atoms with E-state index >= 15 is 0 Å². The number of carbonyl (C=O) groups excluding carboxylic acids is 3. The first-order valence-electron chi connectivity index (χ1n) is 16.3. The van der Waals surface area contributed by atoms with Crippen LogP contribution in [-0.2, 0) is 14.4 Å². The van der Waals surface area contributed by atoms with Crippen molar-refractivity contribution >= 4 is 58.4 Å². The van der Waals surface area contributed by atoms with E-state index in [0.29, 0.717) is 13.2 Å². The van der Waals surface area contributed by atoms with Gasteiger partial charge in [0.1, 0.15) is 18.0 Å². The number of fused-ring (bicyclic) bond motifs is 2. The predicted molar refractivity (Wildman–Crippen MR) is 186 cm³/mol. The van der Waals surface area contributed by atoms with Crippen molar-refractivity contribution in [3.8, 4) is 11.5 Å². The van der Waals surface area contributed by atoms with Crippen molar-refractivity contribution in [3.63, 3.8) is 0 Å². The van der Waals surface area contributed by atoms with Crippen molar-refractivity contribution in [2.24, 2.45) is 21.4 Å². The molecule has 252 valence electrons. The van der Waals surface area contributed by atoms with Crippen LogP contribution in [0.25, 0.3) is 6.08 Å². The molecule has 4 aliphatic rings. The predicted octanol–water partition coefficient (Wildman–Crippen LogP) is 6.91. The largest absolute Gasteiger partial charge is 0.494 e. The maximum absolute atomic E-state index is 14.3. The maximum Gasteiger partial charge on any atom is 0.264 e. The van der Waals surface area contributed by atoms with Crippen molar-refractivity contribution in [2.45, 2.75) is 51.2 Å². The Hall–Kier alpha value is -4.74. The molecule has 0 unspecified atom stereocenters. The average molecular weight is 702 g/mol. The molecular weight excluding hydrogens is 667 g/mol. The van der Waals surface area contributed by atoms with Crippen LogP contribution in [0.1, 0.15) is 50.3 Å². The van der Waals surface area contributed by atoms with Crippen molar-refractivity contribution in [1.82, 2.24) is 10.0 Å². The number of benzene rings is 3. The highest BCUT2D eigenvalue weighted by molar-refractivity contribution is 6.42. The van der Waals surface area contributed by atoms with Gasteiger partial charge in [0.2, 0.25) is 0 Å². The standard InChI is InChI=1S/C36H34Cl2N6O5/c1-3-48-24-15-11-21(12-16-24)19-23-7-5-8-26-30(23)40-44(32(26)22-13-17-25(18-14-22)49-4-2)29(45)20-42-34-31(39-41-42)35(46)43(36(34)47)33-27(37)9-6-10-28(33)38/h6,9-19,26,31-32,34H,3-5,7-8,20H2,1-2H3/b23-19+/t26-,31+,32+,34-/m1/s1. The Balaban J connectivity index is 1.19. The summed E-state index contributed by atoms with van der Waals surface area (Å²) in [6, 6.07) is 17.7. The summed E-state index contributed by atoms with van der Waals surface area (Å²) >= 11 is 12.7. The molecule has 2 fully saturated rings. The van der Waals surface area contributed by atoms with Crippen molar-refractivity contribution < 1.29 is 23.9 Å². The number of anilines is 1. The van der Waals surface area contributed by atoms with Crippen LogP contribution in [0.15, 0.2) is 87.7 Å². The van der Waals surface area contributed by atoms with Crippen molar-refractivity contribution in [3.05, 3.63) is 93.5 Å². The summed E-state index contributed by atoms with van der Waals surface area (Å²) in [5.41, 5.74) is 3.95. The van der Waals surface area contributed by atoms with Crippen LogP contribution in [0.4, 0.5) is 5.69 Å². The molecule has 3 amide bonds. The molecule has 7 rings (SSSR count). The van der Waals surface area contributed by atoms with E-state index < -0.39 is 29.9 Å². The van der Waals surface area contributed by atoms with Crippen LogP contribution in [0, 0.1) is 5.92 Å². The molecule has 13 heteroatoms. The lowest BCUT2D eigenvalue weighted by molar-refractivity contribution is -0.136. The summed E-state index contributed by atoms with van der Waals surface area (Å²) in [5, 5.41) is 16.3. The van der Waals surface area contributed by atoms with Gasteiger partial charge in [0.25, 0.3) is 17.7 Å². The summed E-state index contributed by atoms with van der Waals surface area (Å²) in [5.74, 6) is -0.0988. The van der Waals surface area contributed by atoms with Gasteiger partial charge in [-0.15, -0.1) is 0 Å². The van der Waals surface area contributed by atoms with E-state index in [9.17, 15) is 14.4 Å². The number of nitrogens with zero attached hydrogens (tertiary/aromatic N) is 6. The fourth-order valence-corrected chi connectivity index (χ4v) is 7.55. The third-order valence-electron chi connectivity index (χ3n) is 9.14. The van der Waals surface area contributed by atoms with E-state index in [4.69, 9.17) is 37.8 Å². The van der Waals surface area contributed by atoms with Crippen LogP contribution in [0.5, 0.6) is 11.5 Å². The fourth-order valence-electron chi connectivity index (χ4n) is 6.98. The third kappa shape index (κ3) is 6.06. The molecule has 1 saturated heterocycles. The monoisotopic (exact) mass is 700 g/mol. The minimum absolute atomic E-state index is 0.0508. The van der Waals surface area contributed by atoms with Gasteiger partial charge in [-0.2, -0.15) is 10.2 Å². The van der Waals surface area contributed by atoms with E-state index in [2.05, 4.69) is 16.4 Å². The van der Waals surface area contributed by atoms with Crippen molar-refractivity contribution in [1.29, 1.82) is 0 Å². The average Bonchev–Trinajstić information content (AvgIpc) is 3.76. The number of hydrogen-bond donors (Lipinski definition) is 0. The van der Waals surface area contributed by atoms with Crippen LogP contribution >= 0.6 is 23.2 Å². The van der Waals surface area contributed by atoms with Gasteiger partial charge in [-0.05, 0) is 92.3 Å². The highest BCUT2D eigenvalue weighted by Crippen LogP contribution is 2.45. The number of ether oxygens (including phenoxy) is 2. The number of allylic oxidation sites excluding steroid dienone is 1. The molecule has 0 radical (unpaired) electrons. The summed E-state index contributed by atoms with van der Waals surface area (Å²) < 4.78 is 11.3. The molecule has 4 atom stereocenters. The molecule has 3 aliphatic heterocycles. The van der Waals surface area contributed by atoms with Gasteiger partial charge < -0.3 is 9.47 Å². The van der Waals surface area contributed by atoms with E-state index in [1.807, 2.05) is 62.4 Å². The van der Waals surface area contributed by atoms with Gasteiger partial charge in [0.05, 0.1) is 40.7 Å². The second-order valence-electron chi connectivity index (χ2n) is 12.1. The van der Waals surface area contributed by atoms with Crippen LogP contribution in [0.3, 0.4) is 0 Å². The minimum Gasteiger partial charge on any atom is -0.494 e. The van der Waals surface area contributed by atoms with Gasteiger partial charge in [0.15, 0.2) is 12.1 Å². The molecule has 1 saturated carbocycles. The lowest BCUT2D eigenvalue weighted by atomic mass is 9.77. The number of imide groups is 1. The number of para-hydroxylation sites is 1. The van der Waals surface area contributed by atoms with E-state index in [0.717, 1.165) is 58.1 Å². The minimum atomic E-state index is -1.12. The number of rotatable bonds is 9. The molecule has 3 aromatic carbocycles. The SMILES string of the molecule is CCOc1ccc(/C=C2\CCC[C@@H]3C2=NN(C(=O)CN2N=N[C@@H]4C(=O)N(c5c(Cl)cccc5Cl)C(=O)[C@@H]42)[C@H]3c2ccc(OCC)cc2)cc1. The highest BCUT2D eigenvalue weighted by atomic mass is 35.5. The zero-order chi connectivity index (χ0) is 34.2. The second kappa shape index (κ2) is 13.6. The van der Waals surface area contributed by atoms with E-state index in [-0.39, 0.29) is 34.1 Å². The first-order chi connectivity index (χ1) is 23.8. The molecule has 0 spiro atoms.